The molecule has 2 amide bonds. The average Bonchev–Trinajstić information content (AvgIpc) is 3.12. The van der Waals surface area contributed by atoms with Gasteiger partial charge in [0.05, 0.1) is 5.92 Å². The third kappa shape index (κ3) is 3.61. The molecule has 1 aromatic heterocycles. The van der Waals surface area contributed by atoms with Crippen molar-refractivity contribution in [3.63, 3.8) is 0 Å². The van der Waals surface area contributed by atoms with Crippen molar-refractivity contribution in [2.24, 2.45) is 0 Å². The molecule has 1 atom stereocenters. The van der Waals surface area contributed by atoms with Crippen molar-refractivity contribution in [3.05, 3.63) is 46.3 Å². The number of rotatable bonds is 4. The maximum absolute atomic E-state index is 13.8. The average molecular weight is 365 g/mol. The first-order valence-corrected chi connectivity index (χ1v) is 8.78. The molecular formula is C17H18ClFN4O2. The van der Waals surface area contributed by atoms with Crippen molar-refractivity contribution >= 4 is 17.6 Å². The van der Waals surface area contributed by atoms with Crippen LogP contribution in [0.1, 0.15) is 48.4 Å². The number of benzene rings is 1. The van der Waals surface area contributed by atoms with Crippen LogP contribution in [0, 0.1) is 5.82 Å². The van der Waals surface area contributed by atoms with E-state index >= 15 is 0 Å². The zero-order valence-electron chi connectivity index (χ0n) is 13.5. The Morgan fingerprint density at radius 3 is 2.96 bits per heavy atom. The van der Waals surface area contributed by atoms with Crippen LogP contribution < -0.4 is 5.32 Å². The molecule has 1 aromatic carbocycles. The van der Waals surface area contributed by atoms with Crippen molar-refractivity contribution in [2.75, 3.05) is 13.1 Å². The summed E-state index contributed by atoms with van der Waals surface area (Å²) in [6, 6.07) is 4.19. The standard InChI is InChI=1S/C17H18ClFN4O2/c18-13-4-3-11(14(19)7-13)8-20-17(24)23-6-5-12(9-23)16-21-15(22-25-16)10-1-2-10/h3-4,7,10,12H,1-2,5-6,8-9H2,(H,20,24)/t12-/m1/s1. The number of amides is 2. The van der Waals surface area contributed by atoms with E-state index in [0.717, 1.165) is 25.1 Å². The van der Waals surface area contributed by atoms with E-state index in [2.05, 4.69) is 15.5 Å². The molecule has 25 heavy (non-hydrogen) atoms. The number of aromatic nitrogens is 2. The van der Waals surface area contributed by atoms with Crippen LogP contribution in [0.4, 0.5) is 9.18 Å². The van der Waals surface area contributed by atoms with Gasteiger partial charge in [-0.2, -0.15) is 4.98 Å². The predicted octanol–water partition coefficient (Wildman–Crippen LogP) is 3.44. The molecule has 6 nitrogen and oxygen atoms in total. The highest BCUT2D eigenvalue weighted by Crippen LogP contribution is 2.39. The van der Waals surface area contributed by atoms with E-state index in [4.69, 9.17) is 16.1 Å². The number of urea groups is 1. The van der Waals surface area contributed by atoms with Gasteiger partial charge < -0.3 is 14.7 Å². The molecule has 132 valence electrons. The summed E-state index contributed by atoms with van der Waals surface area (Å²) in [6.07, 6.45) is 3.04. The smallest absolute Gasteiger partial charge is 0.317 e. The molecule has 0 spiro atoms. The number of halogens is 2. The molecule has 1 N–H and O–H groups in total. The summed E-state index contributed by atoms with van der Waals surface area (Å²) in [5, 5.41) is 7.11. The predicted molar refractivity (Wildman–Crippen MR) is 88.8 cm³/mol. The highest BCUT2D eigenvalue weighted by Gasteiger charge is 2.34. The van der Waals surface area contributed by atoms with Gasteiger partial charge in [-0.15, -0.1) is 0 Å². The highest BCUT2D eigenvalue weighted by molar-refractivity contribution is 6.30. The van der Waals surface area contributed by atoms with E-state index in [9.17, 15) is 9.18 Å². The summed E-state index contributed by atoms with van der Waals surface area (Å²) in [7, 11) is 0. The summed E-state index contributed by atoms with van der Waals surface area (Å²) >= 11 is 5.73. The third-order valence-electron chi connectivity index (χ3n) is 4.67. The number of hydrogen-bond donors (Lipinski definition) is 1. The van der Waals surface area contributed by atoms with Gasteiger partial charge in [-0.3, -0.25) is 0 Å². The molecule has 8 heteroatoms. The van der Waals surface area contributed by atoms with Gasteiger partial charge in [-0.25, -0.2) is 9.18 Å². The first-order valence-electron chi connectivity index (χ1n) is 8.40. The van der Waals surface area contributed by atoms with Crippen LogP contribution in [-0.4, -0.2) is 34.2 Å². The van der Waals surface area contributed by atoms with Crippen LogP contribution >= 0.6 is 11.6 Å². The van der Waals surface area contributed by atoms with Gasteiger partial charge in [0.15, 0.2) is 5.82 Å². The fraction of sp³-hybridized carbons (Fsp3) is 0.471. The van der Waals surface area contributed by atoms with Crippen molar-refractivity contribution in [1.82, 2.24) is 20.4 Å². The topological polar surface area (TPSA) is 71.3 Å². The SMILES string of the molecule is O=C(NCc1ccc(Cl)cc1F)N1CC[C@@H](c2nc(C3CC3)no2)C1. The molecule has 2 fully saturated rings. The van der Waals surface area contributed by atoms with E-state index in [1.165, 1.54) is 6.07 Å². The minimum atomic E-state index is -0.425. The lowest BCUT2D eigenvalue weighted by molar-refractivity contribution is 0.207. The summed E-state index contributed by atoms with van der Waals surface area (Å²) < 4.78 is 19.1. The molecule has 2 aliphatic rings. The van der Waals surface area contributed by atoms with E-state index < -0.39 is 5.82 Å². The zero-order valence-corrected chi connectivity index (χ0v) is 14.3. The first-order chi connectivity index (χ1) is 12.1. The Morgan fingerprint density at radius 2 is 2.20 bits per heavy atom. The number of likely N-dealkylation sites (tertiary alicyclic amines) is 1. The molecule has 1 aliphatic carbocycles. The van der Waals surface area contributed by atoms with Crippen LogP contribution in [0.15, 0.2) is 22.7 Å². The zero-order chi connectivity index (χ0) is 17.4. The highest BCUT2D eigenvalue weighted by atomic mass is 35.5. The normalized spacial score (nSPS) is 20.1. The van der Waals surface area contributed by atoms with Crippen LogP contribution in [0.5, 0.6) is 0 Å². The van der Waals surface area contributed by atoms with Gasteiger partial charge >= 0.3 is 6.03 Å². The number of nitrogens with one attached hydrogen (secondary N) is 1. The van der Waals surface area contributed by atoms with E-state index in [0.29, 0.717) is 35.5 Å². The Kier molecular flexibility index (Phi) is 4.33. The number of hydrogen-bond acceptors (Lipinski definition) is 4. The molecule has 1 saturated carbocycles. The van der Waals surface area contributed by atoms with Gasteiger partial charge in [0.25, 0.3) is 0 Å². The van der Waals surface area contributed by atoms with Crippen molar-refractivity contribution < 1.29 is 13.7 Å². The van der Waals surface area contributed by atoms with Crippen molar-refractivity contribution in [3.8, 4) is 0 Å². The molecular weight excluding hydrogens is 347 g/mol. The van der Waals surface area contributed by atoms with Crippen LogP contribution in [0.3, 0.4) is 0 Å². The summed E-state index contributed by atoms with van der Waals surface area (Å²) in [5.74, 6) is 1.49. The fourth-order valence-corrected chi connectivity index (χ4v) is 3.17. The van der Waals surface area contributed by atoms with Crippen molar-refractivity contribution in [1.29, 1.82) is 0 Å². The molecule has 1 saturated heterocycles. The number of carbonyl (C=O) groups is 1. The minimum Gasteiger partial charge on any atom is -0.339 e. The molecule has 2 aromatic rings. The molecule has 2 heterocycles. The monoisotopic (exact) mass is 364 g/mol. The van der Waals surface area contributed by atoms with Crippen LogP contribution in [0.25, 0.3) is 0 Å². The molecule has 4 rings (SSSR count). The quantitative estimate of drug-likeness (QED) is 0.902. The van der Waals surface area contributed by atoms with Gasteiger partial charge in [0.2, 0.25) is 5.89 Å². The first kappa shape index (κ1) is 16.3. The van der Waals surface area contributed by atoms with E-state index in [1.807, 2.05) is 0 Å². The summed E-state index contributed by atoms with van der Waals surface area (Å²) in [4.78, 5) is 18.5. The van der Waals surface area contributed by atoms with Crippen LogP contribution in [-0.2, 0) is 6.54 Å². The van der Waals surface area contributed by atoms with E-state index in [-0.39, 0.29) is 18.5 Å². The Labute approximate surface area is 149 Å². The summed E-state index contributed by atoms with van der Waals surface area (Å²) in [5.41, 5.74) is 0.402. The Hall–Kier alpha value is -2.15. The van der Waals surface area contributed by atoms with Gasteiger partial charge in [0.1, 0.15) is 5.82 Å². The molecule has 0 unspecified atom stereocenters. The Morgan fingerprint density at radius 1 is 1.36 bits per heavy atom. The fourth-order valence-electron chi connectivity index (χ4n) is 3.01. The second-order valence-corrected chi connectivity index (χ2v) is 7.03. The number of carbonyl (C=O) groups excluding carboxylic acids is 1. The van der Waals surface area contributed by atoms with E-state index in [1.54, 1.807) is 17.0 Å². The lowest BCUT2D eigenvalue weighted by Gasteiger charge is -2.17. The van der Waals surface area contributed by atoms with Gasteiger partial charge in [-0.1, -0.05) is 22.8 Å². The minimum absolute atomic E-state index is 0.0676. The maximum Gasteiger partial charge on any atom is 0.317 e. The molecule has 1 aliphatic heterocycles. The van der Waals surface area contributed by atoms with Gasteiger partial charge in [-0.05, 0) is 31.4 Å². The lowest BCUT2D eigenvalue weighted by Crippen LogP contribution is -2.38. The second-order valence-electron chi connectivity index (χ2n) is 6.59. The maximum atomic E-state index is 13.8. The number of nitrogens with zero attached hydrogens (tertiary/aromatic N) is 3. The molecule has 0 bridgehead atoms. The second kappa shape index (κ2) is 6.63. The third-order valence-corrected chi connectivity index (χ3v) is 4.90. The Balaban J connectivity index is 1.32. The largest absolute Gasteiger partial charge is 0.339 e. The lowest BCUT2D eigenvalue weighted by atomic mass is 10.1. The molecule has 0 radical (unpaired) electrons. The summed E-state index contributed by atoms with van der Waals surface area (Å²) in [6.45, 7) is 1.26. The van der Waals surface area contributed by atoms with Crippen molar-refractivity contribution in [2.45, 2.75) is 37.6 Å². The Bertz CT molecular complexity index is 793. The van der Waals surface area contributed by atoms with Gasteiger partial charge in [0, 0.05) is 36.1 Å². The van der Waals surface area contributed by atoms with Crippen LogP contribution in [0.2, 0.25) is 5.02 Å².